The van der Waals surface area contributed by atoms with E-state index in [1.807, 2.05) is 0 Å². The van der Waals surface area contributed by atoms with E-state index in [0.29, 0.717) is 18.8 Å². The summed E-state index contributed by atoms with van der Waals surface area (Å²) in [6.07, 6.45) is 7.76. The van der Waals surface area contributed by atoms with Gasteiger partial charge in [-0.05, 0) is 44.9 Å². The maximum atomic E-state index is 13.0. The SMILES string of the molecule is CCC1OCCC1C(=O)N1CCCCC1C1CCCC1=O. The molecule has 2 heterocycles. The highest BCUT2D eigenvalue weighted by Gasteiger charge is 2.42. The summed E-state index contributed by atoms with van der Waals surface area (Å²) in [5.74, 6) is 0.766. The number of rotatable bonds is 3. The van der Waals surface area contributed by atoms with Gasteiger partial charge in [-0.2, -0.15) is 0 Å². The van der Waals surface area contributed by atoms with Gasteiger partial charge in [0, 0.05) is 31.5 Å². The second-order valence-corrected chi connectivity index (χ2v) is 6.77. The number of ketones is 1. The quantitative estimate of drug-likeness (QED) is 0.803. The number of ether oxygens (including phenoxy) is 1. The van der Waals surface area contributed by atoms with Crippen LogP contribution in [0.2, 0.25) is 0 Å². The third-order valence-corrected chi connectivity index (χ3v) is 5.58. The van der Waals surface area contributed by atoms with Gasteiger partial charge in [-0.15, -0.1) is 0 Å². The highest BCUT2D eigenvalue weighted by atomic mass is 16.5. The van der Waals surface area contributed by atoms with Crippen LogP contribution in [0.25, 0.3) is 0 Å². The number of nitrogens with zero attached hydrogens (tertiary/aromatic N) is 1. The molecule has 3 fully saturated rings. The van der Waals surface area contributed by atoms with Crippen molar-refractivity contribution in [2.45, 2.75) is 70.4 Å². The van der Waals surface area contributed by atoms with Gasteiger partial charge in [0.1, 0.15) is 5.78 Å². The molecule has 0 radical (unpaired) electrons. The Morgan fingerprint density at radius 1 is 1.24 bits per heavy atom. The molecule has 4 nitrogen and oxygen atoms in total. The van der Waals surface area contributed by atoms with Crippen LogP contribution in [-0.4, -0.2) is 41.9 Å². The standard InChI is InChI=1S/C17H27NO3/c1-2-16-13(9-11-21-16)17(20)18-10-4-3-7-14(18)12-6-5-8-15(12)19/h12-14,16H,2-11H2,1H3. The molecule has 0 bridgehead atoms. The zero-order chi connectivity index (χ0) is 14.8. The van der Waals surface area contributed by atoms with Gasteiger partial charge in [0.25, 0.3) is 0 Å². The Balaban J connectivity index is 1.74. The number of Topliss-reactive ketones (excluding diaryl/α,β-unsaturated/α-hetero) is 1. The average molecular weight is 293 g/mol. The van der Waals surface area contributed by atoms with Gasteiger partial charge in [0.05, 0.1) is 12.0 Å². The maximum absolute atomic E-state index is 13.0. The molecule has 1 saturated carbocycles. The fourth-order valence-electron chi connectivity index (χ4n) is 4.45. The lowest BCUT2D eigenvalue weighted by atomic mass is 9.86. The molecule has 4 unspecified atom stereocenters. The normalized spacial score (nSPS) is 37.2. The van der Waals surface area contributed by atoms with E-state index in [9.17, 15) is 9.59 Å². The first-order chi connectivity index (χ1) is 10.2. The van der Waals surface area contributed by atoms with E-state index in [0.717, 1.165) is 51.5 Å². The minimum Gasteiger partial charge on any atom is -0.377 e. The lowest BCUT2D eigenvalue weighted by molar-refractivity contribution is -0.143. The minimum atomic E-state index is 0.0205. The number of piperidine rings is 1. The number of likely N-dealkylation sites (tertiary alicyclic amines) is 1. The Labute approximate surface area is 127 Å². The summed E-state index contributed by atoms with van der Waals surface area (Å²) in [6.45, 7) is 3.63. The number of carbonyl (C=O) groups excluding carboxylic acids is 2. The van der Waals surface area contributed by atoms with Crippen molar-refractivity contribution in [3.8, 4) is 0 Å². The second kappa shape index (κ2) is 6.47. The number of hydrogen-bond acceptors (Lipinski definition) is 3. The van der Waals surface area contributed by atoms with Crippen molar-refractivity contribution >= 4 is 11.7 Å². The molecule has 0 spiro atoms. The van der Waals surface area contributed by atoms with Gasteiger partial charge >= 0.3 is 0 Å². The maximum Gasteiger partial charge on any atom is 0.228 e. The van der Waals surface area contributed by atoms with Crippen molar-refractivity contribution in [2.24, 2.45) is 11.8 Å². The highest BCUT2D eigenvalue weighted by Crippen LogP contribution is 2.35. The monoisotopic (exact) mass is 293 g/mol. The molecule has 3 rings (SSSR count). The Kier molecular flexibility index (Phi) is 4.63. The molecular weight excluding hydrogens is 266 g/mol. The number of amides is 1. The summed E-state index contributed by atoms with van der Waals surface area (Å²) >= 11 is 0. The van der Waals surface area contributed by atoms with E-state index in [-0.39, 0.29) is 29.9 Å². The van der Waals surface area contributed by atoms with Crippen molar-refractivity contribution < 1.29 is 14.3 Å². The van der Waals surface area contributed by atoms with E-state index in [1.165, 1.54) is 0 Å². The Morgan fingerprint density at radius 2 is 2.10 bits per heavy atom. The summed E-state index contributed by atoms with van der Waals surface area (Å²) in [5, 5.41) is 0. The summed E-state index contributed by atoms with van der Waals surface area (Å²) in [6, 6.07) is 0.166. The number of carbonyl (C=O) groups is 2. The smallest absolute Gasteiger partial charge is 0.228 e. The van der Waals surface area contributed by atoms with E-state index in [1.54, 1.807) is 0 Å². The lowest BCUT2D eigenvalue weighted by Crippen LogP contribution is -2.51. The van der Waals surface area contributed by atoms with Gasteiger partial charge in [-0.25, -0.2) is 0 Å². The molecule has 21 heavy (non-hydrogen) atoms. The Bertz CT molecular complexity index is 409. The molecule has 1 aliphatic carbocycles. The molecule has 0 aromatic carbocycles. The van der Waals surface area contributed by atoms with Crippen LogP contribution >= 0.6 is 0 Å². The van der Waals surface area contributed by atoms with Gasteiger partial charge in [0.15, 0.2) is 0 Å². The van der Waals surface area contributed by atoms with Crippen LogP contribution in [0.15, 0.2) is 0 Å². The molecule has 0 aromatic heterocycles. The highest BCUT2D eigenvalue weighted by molar-refractivity contribution is 5.85. The summed E-state index contributed by atoms with van der Waals surface area (Å²) in [4.78, 5) is 27.2. The molecule has 4 heteroatoms. The molecule has 3 aliphatic rings. The minimum absolute atomic E-state index is 0.0205. The number of hydrogen-bond donors (Lipinski definition) is 0. The van der Waals surface area contributed by atoms with Crippen LogP contribution in [0.5, 0.6) is 0 Å². The molecule has 1 amide bonds. The van der Waals surface area contributed by atoms with Crippen LogP contribution in [-0.2, 0) is 14.3 Å². The van der Waals surface area contributed by atoms with E-state index in [2.05, 4.69) is 11.8 Å². The zero-order valence-electron chi connectivity index (χ0n) is 13.1. The average Bonchev–Trinajstić information content (AvgIpc) is 3.14. The molecule has 118 valence electrons. The molecule has 0 aromatic rings. The van der Waals surface area contributed by atoms with Gasteiger partial charge in [-0.1, -0.05) is 6.92 Å². The fraction of sp³-hybridized carbons (Fsp3) is 0.882. The largest absolute Gasteiger partial charge is 0.377 e. The summed E-state index contributed by atoms with van der Waals surface area (Å²) in [5.41, 5.74) is 0. The van der Waals surface area contributed by atoms with Gasteiger partial charge in [-0.3, -0.25) is 9.59 Å². The first-order valence-corrected chi connectivity index (χ1v) is 8.67. The second-order valence-electron chi connectivity index (χ2n) is 6.77. The molecule has 2 aliphatic heterocycles. The van der Waals surface area contributed by atoms with Crippen LogP contribution in [0.1, 0.15) is 58.3 Å². The van der Waals surface area contributed by atoms with Crippen molar-refractivity contribution in [2.75, 3.05) is 13.2 Å². The van der Waals surface area contributed by atoms with Gasteiger partial charge in [0.2, 0.25) is 5.91 Å². The van der Waals surface area contributed by atoms with Crippen LogP contribution in [0, 0.1) is 11.8 Å². The fourth-order valence-corrected chi connectivity index (χ4v) is 4.45. The first-order valence-electron chi connectivity index (χ1n) is 8.67. The van der Waals surface area contributed by atoms with E-state index < -0.39 is 0 Å². The Morgan fingerprint density at radius 3 is 2.81 bits per heavy atom. The summed E-state index contributed by atoms with van der Waals surface area (Å²) < 4.78 is 5.69. The van der Waals surface area contributed by atoms with Gasteiger partial charge < -0.3 is 9.64 Å². The molecule has 4 atom stereocenters. The van der Waals surface area contributed by atoms with Crippen molar-refractivity contribution in [3.05, 3.63) is 0 Å². The van der Waals surface area contributed by atoms with E-state index in [4.69, 9.17) is 4.74 Å². The molecule has 0 N–H and O–H groups in total. The van der Waals surface area contributed by atoms with Crippen molar-refractivity contribution in [1.82, 2.24) is 4.90 Å². The first kappa shape index (κ1) is 15.0. The predicted octanol–water partition coefficient (Wildman–Crippen LogP) is 2.55. The third-order valence-electron chi connectivity index (χ3n) is 5.58. The zero-order valence-corrected chi connectivity index (χ0v) is 13.1. The topological polar surface area (TPSA) is 46.6 Å². The van der Waals surface area contributed by atoms with Crippen LogP contribution in [0.4, 0.5) is 0 Å². The van der Waals surface area contributed by atoms with E-state index >= 15 is 0 Å². The van der Waals surface area contributed by atoms with Crippen LogP contribution < -0.4 is 0 Å². The predicted molar refractivity (Wildman–Crippen MR) is 79.8 cm³/mol. The van der Waals surface area contributed by atoms with Crippen LogP contribution in [0.3, 0.4) is 0 Å². The lowest BCUT2D eigenvalue weighted by Gasteiger charge is -2.40. The summed E-state index contributed by atoms with van der Waals surface area (Å²) in [7, 11) is 0. The molecular formula is C17H27NO3. The molecule has 2 saturated heterocycles. The third kappa shape index (κ3) is 2.87. The van der Waals surface area contributed by atoms with Crippen molar-refractivity contribution in [3.63, 3.8) is 0 Å². The Hall–Kier alpha value is -0.900. The van der Waals surface area contributed by atoms with Crippen molar-refractivity contribution in [1.29, 1.82) is 0 Å².